The summed E-state index contributed by atoms with van der Waals surface area (Å²) in [4.78, 5) is 15.9. The van der Waals surface area contributed by atoms with Gasteiger partial charge in [0, 0.05) is 51.2 Å². The molecule has 2 fully saturated rings. The van der Waals surface area contributed by atoms with Crippen LogP contribution in [0, 0.1) is 0 Å². The van der Waals surface area contributed by atoms with E-state index in [9.17, 15) is 4.79 Å². The van der Waals surface area contributed by atoms with Gasteiger partial charge in [-0.2, -0.15) is 0 Å². The van der Waals surface area contributed by atoms with Crippen LogP contribution in [0.4, 0.5) is 0 Å². The minimum atomic E-state index is 0.227. The second-order valence-electron chi connectivity index (χ2n) is 5.66. The van der Waals surface area contributed by atoms with E-state index in [2.05, 4.69) is 24.1 Å². The minimum absolute atomic E-state index is 0.227. The molecule has 2 atom stereocenters. The lowest BCUT2D eigenvalue weighted by atomic mass is 10.00. The first-order valence-corrected chi connectivity index (χ1v) is 6.82. The van der Waals surface area contributed by atoms with E-state index in [0.29, 0.717) is 18.1 Å². The van der Waals surface area contributed by atoms with Crippen molar-refractivity contribution >= 4 is 5.91 Å². The molecule has 0 spiro atoms. The first kappa shape index (κ1) is 12.8. The van der Waals surface area contributed by atoms with Crippen molar-refractivity contribution in [2.24, 2.45) is 0 Å². The average molecular weight is 239 g/mol. The number of likely N-dealkylation sites (tertiary alicyclic amines) is 1. The Labute approximate surface area is 104 Å². The zero-order chi connectivity index (χ0) is 12.4. The maximum Gasteiger partial charge on any atom is 0.219 e. The van der Waals surface area contributed by atoms with E-state index >= 15 is 0 Å². The molecule has 2 heterocycles. The van der Waals surface area contributed by atoms with Crippen LogP contribution in [0.2, 0.25) is 0 Å². The van der Waals surface area contributed by atoms with Gasteiger partial charge in [0.25, 0.3) is 0 Å². The lowest BCUT2D eigenvalue weighted by molar-refractivity contribution is -0.130. The summed E-state index contributed by atoms with van der Waals surface area (Å²) in [5.74, 6) is 0.227. The van der Waals surface area contributed by atoms with Crippen molar-refractivity contribution in [2.45, 2.75) is 51.7 Å². The molecule has 1 amide bonds. The van der Waals surface area contributed by atoms with E-state index in [-0.39, 0.29) is 5.91 Å². The number of nitrogens with zero attached hydrogens (tertiary/aromatic N) is 2. The number of carbonyl (C=O) groups excluding carboxylic acids is 1. The Balaban J connectivity index is 1.85. The molecule has 4 heteroatoms. The van der Waals surface area contributed by atoms with Crippen LogP contribution in [-0.2, 0) is 4.79 Å². The maximum absolute atomic E-state index is 11.3. The summed E-state index contributed by atoms with van der Waals surface area (Å²) in [6, 6.07) is 1.85. The van der Waals surface area contributed by atoms with E-state index in [1.165, 1.54) is 0 Å². The SMILES string of the molecule is CC(=O)N1CCC(N2CC(C)NC(C)C2)CC1. The van der Waals surface area contributed by atoms with Gasteiger partial charge in [-0.05, 0) is 26.7 Å². The Morgan fingerprint density at radius 3 is 2.12 bits per heavy atom. The average Bonchev–Trinajstić information content (AvgIpc) is 2.28. The molecule has 0 saturated carbocycles. The molecule has 4 nitrogen and oxygen atoms in total. The summed E-state index contributed by atoms with van der Waals surface area (Å²) in [5, 5.41) is 3.57. The minimum Gasteiger partial charge on any atom is -0.343 e. The number of piperazine rings is 1. The van der Waals surface area contributed by atoms with E-state index in [1.807, 2.05) is 4.90 Å². The van der Waals surface area contributed by atoms with Crippen molar-refractivity contribution in [2.75, 3.05) is 26.2 Å². The fraction of sp³-hybridized carbons (Fsp3) is 0.923. The van der Waals surface area contributed by atoms with Crippen LogP contribution in [-0.4, -0.2) is 60.0 Å². The standard InChI is InChI=1S/C13H25N3O/c1-10-8-16(9-11(2)14-10)13-4-6-15(7-5-13)12(3)17/h10-11,13-14H,4-9H2,1-3H3. The first-order valence-electron chi connectivity index (χ1n) is 6.82. The highest BCUT2D eigenvalue weighted by Gasteiger charge is 2.29. The molecule has 0 radical (unpaired) electrons. The van der Waals surface area contributed by atoms with Gasteiger partial charge in [-0.1, -0.05) is 0 Å². The van der Waals surface area contributed by atoms with Gasteiger partial charge in [-0.15, -0.1) is 0 Å². The number of hydrogen-bond donors (Lipinski definition) is 1. The van der Waals surface area contributed by atoms with Crippen LogP contribution in [0.3, 0.4) is 0 Å². The molecule has 0 aromatic rings. The van der Waals surface area contributed by atoms with Crippen LogP contribution < -0.4 is 5.32 Å². The monoisotopic (exact) mass is 239 g/mol. The second-order valence-corrected chi connectivity index (χ2v) is 5.66. The molecule has 2 unspecified atom stereocenters. The number of nitrogens with one attached hydrogen (secondary N) is 1. The molecular formula is C13H25N3O. The number of amides is 1. The summed E-state index contributed by atoms with van der Waals surface area (Å²) in [7, 11) is 0. The number of piperidine rings is 1. The smallest absolute Gasteiger partial charge is 0.219 e. The molecule has 2 aliphatic heterocycles. The van der Waals surface area contributed by atoms with E-state index in [1.54, 1.807) is 6.92 Å². The van der Waals surface area contributed by atoms with Crippen molar-refractivity contribution in [1.82, 2.24) is 15.1 Å². The molecule has 2 aliphatic rings. The van der Waals surface area contributed by atoms with Crippen molar-refractivity contribution in [3.8, 4) is 0 Å². The zero-order valence-electron chi connectivity index (χ0n) is 11.3. The summed E-state index contributed by atoms with van der Waals surface area (Å²) in [5.41, 5.74) is 0. The third-order valence-corrected chi connectivity index (χ3v) is 4.01. The van der Waals surface area contributed by atoms with Gasteiger partial charge in [0.15, 0.2) is 0 Å². The Morgan fingerprint density at radius 1 is 1.12 bits per heavy atom. The van der Waals surface area contributed by atoms with Crippen LogP contribution in [0.5, 0.6) is 0 Å². The van der Waals surface area contributed by atoms with Gasteiger partial charge in [0.05, 0.1) is 0 Å². The summed E-state index contributed by atoms with van der Waals surface area (Å²) in [6.45, 7) is 10.4. The number of rotatable bonds is 1. The molecule has 0 aromatic carbocycles. The van der Waals surface area contributed by atoms with Crippen molar-refractivity contribution < 1.29 is 4.79 Å². The topological polar surface area (TPSA) is 35.6 Å². The van der Waals surface area contributed by atoms with Crippen LogP contribution in [0.15, 0.2) is 0 Å². The van der Waals surface area contributed by atoms with Crippen molar-refractivity contribution in [3.63, 3.8) is 0 Å². The fourth-order valence-corrected chi connectivity index (χ4v) is 3.21. The van der Waals surface area contributed by atoms with Gasteiger partial charge >= 0.3 is 0 Å². The van der Waals surface area contributed by atoms with E-state index < -0.39 is 0 Å². The molecule has 0 bridgehead atoms. The van der Waals surface area contributed by atoms with Gasteiger partial charge < -0.3 is 10.2 Å². The maximum atomic E-state index is 11.3. The molecule has 2 saturated heterocycles. The number of carbonyl (C=O) groups is 1. The second kappa shape index (κ2) is 5.36. The van der Waals surface area contributed by atoms with Crippen molar-refractivity contribution in [1.29, 1.82) is 0 Å². The Hall–Kier alpha value is -0.610. The summed E-state index contributed by atoms with van der Waals surface area (Å²) in [6.07, 6.45) is 2.28. The highest BCUT2D eigenvalue weighted by Crippen LogP contribution is 2.19. The number of hydrogen-bond acceptors (Lipinski definition) is 3. The Bertz CT molecular complexity index is 264. The quantitative estimate of drug-likeness (QED) is 0.731. The van der Waals surface area contributed by atoms with Gasteiger partial charge in [-0.3, -0.25) is 9.69 Å². The zero-order valence-corrected chi connectivity index (χ0v) is 11.3. The summed E-state index contributed by atoms with van der Waals surface area (Å²) >= 11 is 0. The lowest BCUT2D eigenvalue weighted by Gasteiger charge is -2.44. The van der Waals surface area contributed by atoms with Crippen LogP contribution >= 0.6 is 0 Å². The molecular weight excluding hydrogens is 214 g/mol. The predicted molar refractivity (Wildman–Crippen MR) is 68.9 cm³/mol. The van der Waals surface area contributed by atoms with Gasteiger partial charge in [0.2, 0.25) is 5.91 Å². The highest BCUT2D eigenvalue weighted by atomic mass is 16.2. The molecule has 17 heavy (non-hydrogen) atoms. The Morgan fingerprint density at radius 2 is 1.65 bits per heavy atom. The highest BCUT2D eigenvalue weighted by molar-refractivity contribution is 5.73. The predicted octanol–water partition coefficient (Wildman–Crippen LogP) is 0.680. The molecule has 0 aliphatic carbocycles. The molecule has 0 aromatic heterocycles. The van der Waals surface area contributed by atoms with E-state index in [4.69, 9.17) is 0 Å². The first-order chi connectivity index (χ1) is 8.06. The third-order valence-electron chi connectivity index (χ3n) is 4.01. The lowest BCUT2D eigenvalue weighted by Crippen LogP contribution is -2.58. The van der Waals surface area contributed by atoms with Crippen LogP contribution in [0.25, 0.3) is 0 Å². The van der Waals surface area contributed by atoms with Gasteiger partial charge in [0.1, 0.15) is 0 Å². The van der Waals surface area contributed by atoms with E-state index in [0.717, 1.165) is 39.0 Å². The van der Waals surface area contributed by atoms with Crippen LogP contribution in [0.1, 0.15) is 33.6 Å². The summed E-state index contributed by atoms with van der Waals surface area (Å²) < 4.78 is 0. The van der Waals surface area contributed by atoms with Gasteiger partial charge in [-0.25, -0.2) is 0 Å². The molecule has 2 rings (SSSR count). The molecule has 98 valence electrons. The van der Waals surface area contributed by atoms with Crippen molar-refractivity contribution in [3.05, 3.63) is 0 Å². The largest absolute Gasteiger partial charge is 0.343 e. The third kappa shape index (κ3) is 3.19. The Kier molecular flexibility index (Phi) is 4.05. The normalized spacial score (nSPS) is 32.8. The molecule has 1 N–H and O–H groups in total. The fourth-order valence-electron chi connectivity index (χ4n) is 3.21.